The van der Waals surface area contributed by atoms with E-state index in [1.54, 1.807) is 0 Å². The smallest absolute Gasteiger partial charge is 0.304 e. The van der Waals surface area contributed by atoms with Crippen LogP contribution >= 0.6 is 11.6 Å². The molecule has 4 heteroatoms. The first-order valence-corrected chi connectivity index (χ1v) is 4.33. The van der Waals surface area contributed by atoms with Gasteiger partial charge in [-0.3, -0.25) is 4.79 Å². The van der Waals surface area contributed by atoms with E-state index in [1.807, 2.05) is 6.08 Å². The summed E-state index contributed by atoms with van der Waals surface area (Å²) < 4.78 is 0. The van der Waals surface area contributed by atoms with Gasteiger partial charge in [0, 0.05) is 11.8 Å². The molecule has 1 aliphatic rings. The zero-order valence-corrected chi connectivity index (χ0v) is 7.29. The van der Waals surface area contributed by atoms with Crippen LogP contribution < -0.4 is 0 Å². The van der Waals surface area contributed by atoms with E-state index in [2.05, 4.69) is 0 Å². The highest BCUT2D eigenvalue weighted by atomic mass is 35.5. The predicted octanol–water partition coefficient (Wildman–Crippen LogP) is 1.01. The third kappa shape index (κ3) is 1.99. The number of carboxylic acids is 1. The first-order valence-electron chi connectivity index (χ1n) is 3.80. The van der Waals surface area contributed by atoms with Crippen LogP contribution in [-0.2, 0) is 4.79 Å². The van der Waals surface area contributed by atoms with E-state index < -0.39 is 12.1 Å². The molecule has 0 amide bonds. The van der Waals surface area contributed by atoms with Crippen molar-refractivity contribution in [2.75, 3.05) is 5.88 Å². The van der Waals surface area contributed by atoms with Gasteiger partial charge in [0.25, 0.3) is 0 Å². The van der Waals surface area contributed by atoms with Crippen LogP contribution in [0.2, 0.25) is 0 Å². The maximum absolute atomic E-state index is 10.4. The molecule has 0 fully saturated rings. The summed E-state index contributed by atoms with van der Waals surface area (Å²) in [6, 6.07) is 0. The lowest BCUT2D eigenvalue weighted by Crippen LogP contribution is -2.20. The summed E-state index contributed by atoms with van der Waals surface area (Å²) in [4.78, 5) is 10.4. The summed E-state index contributed by atoms with van der Waals surface area (Å²) in [6.45, 7) is 0. The Hall–Kier alpha value is -0.540. The predicted molar refractivity (Wildman–Crippen MR) is 45.2 cm³/mol. The monoisotopic (exact) mass is 190 g/mol. The van der Waals surface area contributed by atoms with Crippen molar-refractivity contribution < 1.29 is 15.0 Å². The zero-order valence-electron chi connectivity index (χ0n) is 6.53. The van der Waals surface area contributed by atoms with E-state index in [1.165, 1.54) is 0 Å². The minimum Gasteiger partial charge on any atom is -0.481 e. The second-order valence-corrected chi connectivity index (χ2v) is 3.19. The summed E-state index contributed by atoms with van der Waals surface area (Å²) in [5.74, 6) is -0.855. The maximum atomic E-state index is 10.4. The van der Waals surface area contributed by atoms with Crippen molar-refractivity contribution in [2.24, 2.45) is 5.92 Å². The highest BCUT2D eigenvalue weighted by Gasteiger charge is 2.29. The SMILES string of the molecule is O=C(O)CC1C(CCl)=CCC1O. The fourth-order valence-electron chi connectivity index (χ4n) is 1.44. The van der Waals surface area contributed by atoms with Gasteiger partial charge in [-0.25, -0.2) is 0 Å². The minimum absolute atomic E-state index is 0.0281. The van der Waals surface area contributed by atoms with Crippen LogP contribution in [0.15, 0.2) is 11.6 Å². The van der Waals surface area contributed by atoms with Crippen molar-refractivity contribution in [3.8, 4) is 0 Å². The highest BCUT2D eigenvalue weighted by molar-refractivity contribution is 6.19. The van der Waals surface area contributed by atoms with Gasteiger partial charge in [0.1, 0.15) is 0 Å². The Morgan fingerprint density at radius 2 is 2.42 bits per heavy atom. The summed E-state index contributed by atoms with van der Waals surface area (Å²) >= 11 is 5.58. The molecule has 0 spiro atoms. The lowest BCUT2D eigenvalue weighted by molar-refractivity contribution is -0.138. The van der Waals surface area contributed by atoms with Gasteiger partial charge in [0.15, 0.2) is 0 Å². The number of carbonyl (C=O) groups is 1. The second-order valence-electron chi connectivity index (χ2n) is 2.92. The van der Waals surface area contributed by atoms with Crippen LogP contribution in [0.5, 0.6) is 0 Å². The molecule has 1 aliphatic carbocycles. The van der Waals surface area contributed by atoms with Crippen LogP contribution in [0.25, 0.3) is 0 Å². The van der Waals surface area contributed by atoms with Crippen LogP contribution in [-0.4, -0.2) is 28.2 Å². The highest BCUT2D eigenvalue weighted by Crippen LogP contribution is 2.29. The molecule has 68 valence electrons. The summed E-state index contributed by atoms with van der Waals surface area (Å²) in [7, 11) is 0. The van der Waals surface area contributed by atoms with Crippen molar-refractivity contribution in [1.82, 2.24) is 0 Å². The number of hydrogen-bond acceptors (Lipinski definition) is 2. The number of hydrogen-bond donors (Lipinski definition) is 2. The van der Waals surface area contributed by atoms with E-state index >= 15 is 0 Å². The number of halogens is 1. The fourth-order valence-corrected chi connectivity index (χ4v) is 1.75. The Kier molecular flexibility index (Phi) is 3.12. The lowest BCUT2D eigenvalue weighted by Gasteiger charge is -2.14. The molecule has 2 N–H and O–H groups in total. The Labute approximate surface area is 75.7 Å². The number of carboxylic acid groups (broad SMARTS) is 1. The maximum Gasteiger partial charge on any atom is 0.304 e. The van der Waals surface area contributed by atoms with E-state index in [0.717, 1.165) is 5.57 Å². The standard InChI is InChI=1S/C8H11ClO3/c9-4-5-1-2-7(10)6(5)3-8(11)12/h1,6-7,10H,2-4H2,(H,11,12). The van der Waals surface area contributed by atoms with E-state index in [0.29, 0.717) is 12.3 Å². The van der Waals surface area contributed by atoms with Crippen molar-refractivity contribution >= 4 is 17.6 Å². The topological polar surface area (TPSA) is 57.5 Å². The summed E-state index contributed by atoms with van der Waals surface area (Å²) in [5, 5.41) is 17.9. The Balaban J connectivity index is 2.60. The van der Waals surface area contributed by atoms with Crippen LogP contribution in [0.4, 0.5) is 0 Å². The third-order valence-electron chi connectivity index (χ3n) is 2.11. The molecule has 2 unspecified atom stereocenters. The molecule has 0 aromatic carbocycles. The Morgan fingerprint density at radius 3 is 2.92 bits per heavy atom. The van der Waals surface area contributed by atoms with Crippen molar-refractivity contribution in [3.05, 3.63) is 11.6 Å². The van der Waals surface area contributed by atoms with Gasteiger partial charge in [-0.1, -0.05) is 11.6 Å². The zero-order chi connectivity index (χ0) is 9.14. The molecule has 0 saturated heterocycles. The number of aliphatic carboxylic acids is 1. The molecule has 0 radical (unpaired) electrons. The number of aliphatic hydroxyl groups excluding tert-OH is 1. The second kappa shape index (κ2) is 3.92. The fraction of sp³-hybridized carbons (Fsp3) is 0.625. The van der Waals surface area contributed by atoms with Crippen LogP contribution in [0.3, 0.4) is 0 Å². The molecule has 2 atom stereocenters. The van der Waals surface area contributed by atoms with Crippen molar-refractivity contribution in [3.63, 3.8) is 0 Å². The van der Waals surface area contributed by atoms with Gasteiger partial charge < -0.3 is 10.2 Å². The summed E-state index contributed by atoms with van der Waals surface area (Å²) in [6.07, 6.45) is 1.76. The minimum atomic E-state index is -0.892. The molecule has 0 aromatic rings. The molecule has 3 nitrogen and oxygen atoms in total. The molecule has 0 bridgehead atoms. The quantitative estimate of drug-likeness (QED) is 0.516. The molecular weight excluding hydrogens is 180 g/mol. The van der Waals surface area contributed by atoms with Crippen LogP contribution in [0.1, 0.15) is 12.8 Å². The van der Waals surface area contributed by atoms with Crippen molar-refractivity contribution in [1.29, 1.82) is 0 Å². The first kappa shape index (κ1) is 9.55. The molecule has 0 saturated carbocycles. The Bertz CT molecular complexity index is 212. The molecule has 0 heterocycles. The average Bonchev–Trinajstić information content (AvgIpc) is 2.32. The largest absolute Gasteiger partial charge is 0.481 e. The number of aliphatic hydroxyl groups is 1. The summed E-state index contributed by atoms with van der Waals surface area (Å²) in [5.41, 5.74) is 0.853. The molecule has 0 aliphatic heterocycles. The van der Waals surface area contributed by atoms with Crippen LogP contribution in [0, 0.1) is 5.92 Å². The van der Waals surface area contributed by atoms with Gasteiger partial charge in [-0.2, -0.15) is 0 Å². The number of rotatable bonds is 3. The van der Waals surface area contributed by atoms with E-state index in [9.17, 15) is 9.90 Å². The third-order valence-corrected chi connectivity index (χ3v) is 2.42. The Morgan fingerprint density at radius 1 is 1.75 bits per heavy atom. The average molecular weight is 191 g/mol. The van der Waals surface area contributed by atoms with E-state index in [4.69, 9.17) is 16.7 Å². The van der Waals surface area contributed by atoms with Gasteiger partial charge in [-0.05, 0) is 6.42 Å². The van der Waals surface area contributed by atoms with E-state index in [-0.39, 0.29) is 12.3 Å². The van der Waals surface area contributed by atoms with Crippen molar-refractivity contribution in [2.45, 2.75) is 18.9 Å². The number of alkyl halides is 1. The van der Waals surface area contributed by atoms with Gasteiger partial charge >= 0.3 is 5.97 Å². The van der Waals surface area contributed by atoms with Gasteiger partial charge in [0.05, 0.1) is 12.5 Å². The molecular formula is C8H11ClO3. The lowest BCUT2D eigenvalue weighted by atomic mass is 9.97. The normalized spacial score (nSPS) is 28.7. The molecule has 12 heavy (non-hydrogen) atoms. The van der Waals surface area contributed by atoms with Gasteiger partial charge in [-0.15, -0.1) is 11.6 Å². The molecule has 0 aromatic heterocycles. The van der Waals surface area contributed by atoms with Gasteiger partial charge in [0.2, 0.25) is 0 Å². The first-order chi connectivity index (χ1) is 5.65. The molecule has 1 rings (SSSR count).